The number of nitrogens with zero attached hydrogens (tertiary/aromatic N) is 4. The third-order valence-electron chi connectivity index (χ3n) is 4.15. The van der Waals surface area contributed by atoms with Crippen LogP contribution in [0.3, 0.4) is 0 Å². The van der Waals surface area contributed by atoms with Gasteiger partial charge in [0, 0.05) is 42.9 Å². The van der Waals surface area contributed by atoms with E-state index in [-0.39, 0.29) is 17.7 Å². The second-order valence-corrected chi connectivity index (χ2v) is 7.17. The van der Waals surface area contributed by atoms with Crippen LogP contribution in [-0.2, 0) is 9.59 Å². The highest BCUT2D eigenvalue weighted by Gasteiger charge is 2.19. The maximum absolute atomic E-state index is 11.6. The number of benzene rings is 1. The molecule has 0 radical (unpaired) electrons. The predicted molar refractivity (Wildman–Crippen MR) is 112 cm³/mol. The number of amides is 2. The van der Waals surface area contributed by atoms with Crippen LogP contribution in [-0.4, -0.2) is 31.6 Å². The summed E-state index contributed by atoms with van der Waals surface area (Å²) in [5.41, 5.74) is 2.76. The van der Waals surface area contributed by atoms with E-state index >= 15 is 0 Å². The van der Waals surface area contributed by atoms with Gasteiger partial charge in [-0.25, -0.2) is 9.97 Å². The summed E-state index contributed by atoms with van der Waals surface area (Å²) in [7, 11) is 0. The van der Waals surface area contributed by atoms with Gasteiger partial charge in [-0.15, -0.1) is 5.10 Å². The molecule has 1 aromatic carbocycles. The minimum Gasteiger partial charge on any atom is -0.326 e. The van der Waals surface area contributed by atoms with E-state index in [0.29, 0.717) is 34.4 Å². The summed E-state index contributed by atoms with van der Waals surface area (Å²) in [6.07, 6.45) is 1.71. The number of hydrogen-bond acceptors (Lipinski definition) is 5. The van der Waals surface area contributed by atoms with E-state index in [2.05, 4.69) is 20.7 Å². The van der Waals surface area contributed by atoms with Crippen molar-refractivity contribution in [3.63, 3.8) is 0 Å². The summed E-state index contributed by atoms with van der Waals surface area (Å²) in [6, 6.07) is 9.12. The van der Waals surface area contributed by atoms with Crippen LogP contribution < -0.4 is 10.6 Å². The van der Waals surface area contributed by atoms with Crippen molar-refractivity contribution in [3.05, 3.63) is 47.9 Å². The third kappa shape index (κ3) is 4.66. The molecule has 29 heavy (non-hydrogen) atoms. The monoisotopic (exact) mass is 392 g/mol. The molecular weight excluding hydrogens is 368 g/mol. The van der Waals surface area contributed by atoms with Gasteiger partial charge < -0.3 is 10.6 Å². The number of aryl methyl sites for hydroxylation is 1. The number of anilines is 2. The summed E-state index contributed by atoms with van der Waals surface area (Å²) in [5.74, 6) is 1.63. The van der Waals surface area contributed by atoms with E-state index in [4.69, 9.17) is 4.98 Å². The molecule has 0 aliphatic carbocycles. The minimum absolute atomic E-state index is 0.118. The first kappa shape index (κ1) is 20.2. The molecule has 150 valence electrons. The molecule has 0 unspecified atom stereocenters. The molecule has 0 bridgehead atoms. The topological polar surface area (TPSA) is 102 Å². The molecule has 0 spiro atoms. The molecular formula is C21H24N6O2. The van der Waals surface area contributed by atoms with Crippen molar-refractivity contribution in [3.8, 4) is 17.2 Å². The van der Waals surface area contributed by atoms with Gasteiger partial charge in [0.1, 0.15) is 0 Å². The lowest BCUT2D eigenvalue weighted by Crippen LogP contribution is -2.10. The van der Waals surface area contributed by atoms with Crippen LogP contribution in [0.1, 0.15) is 45.0 Å². The Labute approximate surface area is 169 Å². The zero-order chi connectivity index (χ0) is 21.1. The molecule has 2 aromatic heterocycles. The smallest absolute Gasteiger partial charge is 0.221 e. The van der Waals surface area contributed by atoms with Gasteiger partial charge in [0.05, 0.1) is 0 Å². The molecule has 2 amide bonds. The van der Waals surface area contributed by atoms with Crippen LogP contribution in [0.25, 0.3) is 17.2 Å². The highest BCUT2D eigenvalue weighted by molar-refractivity contribution is 5.93. The summed E-state index contributed by atoms with van der Waals surface area (Å²) in [6.45, 7) is 8.86. The van der Waals surface area contributed by atoms with Gasteiger partial charge in [-0.3, -0.25) is 9.59 Å². The minimum atomic E-state index is -0.208. The number of carbonyl (C=O) groups is 2. The fourth-order valence-corrected chi connectivity index (χ4v) is 2.91. The maximum Gasteiger partial charge on any atom is 0.221 e. The number of nitrogens with one attached hydrogen (secondary N) is 2. The summed E-state index contributed by atoms with van der Waals surface area (Å²) < 4.78 is 1.70. The van der Waals surface area contributed by atoms with Crippen molar-refractivity contribution >= 4 is 23.2 Å². The zero-order valence-electron chi connectivity index (χ0n) is 17.1. The second-order valence-electron chi connectivity index (χ2n) is 7.17. The van der Waals surface area contributed by atoms with Crippen LogP contribution in [0.5, 0.6) is 0 Å². The molecule has 2 N–H and O–H groups in total. The molecule has 3 aromatic rings. The Morgan fingerprint density at radius 2 is 1.66 bits per heavy atom. The zero-order valence-corrected chi connectivity index (χ0v) is 17.1. The van der Waals surface area contributed by atoms with Crippen molar-refractivity contribution < 1.29 is 9.59 Å². The number of pyridine rings is 1. The second kappa shape index (κ2) is 8.22. The normalized spacial score (nSPS) is 10.8. The molecule has 8 nitrogen and oxygen atoms in total. The molecule has 0 atom stereocenters. The molecule has 0 saturated carbocycles. The number of carbonyl (C=O) groups excluding carboxylic acids is 2. The number of hydrogen-bond donors (Lipinski definition) is 2. The van der Waals surface area contributed by atoms with E-state index < -0.39 is 0 Å². The van der Waals surface area contributed by atoms with Gasteiger partial charge in [-0.2, -0.15) is 4.68 Å². The van der Waals surface area contributed by atoms with Crippen LogP contribution in [0.2, 0.25) is 0 Å². The van der Waals surface area contributed by atoms with Crippen LogP contribution in [0.4, 0.5) is 11.4 Å². The van der Waals surface area contributed by atoms with E-state index in [1.165, 1.54) is 13.8 Å². The summed E-state index contributed by atoms with van der Waals surface area (Å²) in [5, 5.41) is 10.2. The molecule has 3 rings (SSSR count). The highest BCUT2D eigenvalue weighted by atomic mass is 16.2. The van der Waals surface area contributed by atoms with E-state index in [1.807, 2.05) is 32.9 Å². The number of aromatic nitrogens is 4. The lowest BCUT2D eigenvalue weighted by molar-refractivity contribution is -0.115. The SMILES string of the molecule is CC(=O)Nc1cc(NC(C)=O)cc(-c2nc(C(C)C)nn2-c2ncccc2C)c1. The average molecular weight is 392 g/mol. The van der Waals surface area contributed by atoms with Crippen LogP contribution >= 0.6 is 0 Å². The average Bonchev–Trinajstić information content (AvgIpc) is 3.06. The maximum atomic E-state index is 11.6. The molecule has 0 fully saturated rings. The fraction of sp³-hybridized carbons (Fsp3) is 0.286. The Morgan fingerprint density at radius 3 is 2.17 bits per heavy atom. The van der Waals surface area contributed by atoms with Gasteiger partial charge in [-0.1, -0.05) is 19.9 Å². The van der Waals surface area contributed by atoms with Gasteiger partial charge >= 0.3 is 0 Å². The van der Waals surface area contributed by atoms with Crippen molar-refractivity contribution in [2.75, 3.05) is 10.6 Å². The quantitative estimate of drug-likeness (QED) is 0.690. The molecule has 2 heterocycles. The Bertz CT molecular complexity index is 1040. The number of rotatable bonds is 5. The van der Waals surface area contributed by atoms with Gasteiger partial charge in [0.2, 0.25) is 11.8 Å². The Hall–Kier alpha value is -3.55. The van der Waals surface area contributed by atoms with Crippen molar-refractivity contribution in [2.24, 2.45) is 0 Å². The Kier molecular flexibility index (Phi) is 5.72. The molecule has 0 aliphatic heterocycles. The third-order valence-corrected chi connectivity index (χ3v) is 4.15. The predicted octanol–water partition coefficient (Wildman–Crippen LogP) is 3.68. The van der Waals surface area contributed by atoms with Crippen LogP contribution in [0, 0.1) is 6.92 Å². The van der Waals surface area contributed by atoms with Gasteiger partial charge in [-0.05, 0) is 36.8 Å². The first-order chi connectivity index (χ1) is 13.7. The molecule has 0 saturated heterocycles. The van der Waals surface area contributed by atoms with Crippen molar-refractivity contribution in [1.82, 2.24) is 19.7 Å². The van der Waals surface area contributed by atoms with Gasteiger partial charge in [0.25, 0.3) is 0 Å². The first-order valence-corrected chi connectivity index (χ1v) is 9.34. The van der Waals surface area contributed by atoms with Gasteiger partial charge in [0.15, 0.2) is 17.5 Å². The Balaban J connectivity index is 2.22. The van der Waals surface area contributed by atoms with E-state index in [1.54, 1.807) is 29.1 Å². The lowest BCUT2D eigenvalue weighted by Gasteiger charge is -2.12. The lowest BCUT2D eigenvalue weighted by atomic mass is 10.1. The fourth-order valence-electron chi connectivity index (χ4n) is 2.91. The standard InChI is InChI=1S/C21H24N6O2/c1-12(2)19-25-21(27(26-19)20-13(3)7-6-8-22-20)16-9-17(23-14(4)28)11-18(10-16)24-15(5)29/h6-12H,1-5H3,(H,23,28)(H,24,29). The summed E-state index contributed by atoms with van der Waals surface area (Å²) >= 11 is 0. The van der Waals surface area contributed by atoms with Crippen molar-refractivity contribution in [2.45, 2.75) is 40.5 Å². The first-order valence-electron chi connectivity index (χ1n) is 9.34. The van der Waals surface area contributed by atoms with E-state index in [9.17, 15) is 9.59 Å². The Morgan fingerprint density at radius 1 is 1.03 bits per heavy atom. The van der Waals surface area contributed by atoms with Crippen molar-refractivity contribution in [1.29, 1.82) is 0 Å². The molecule has 8 heteroatoms. The largest absolute Gasteiger partial charge is 0.326 e. The molecule has 0 aliphatic rings. The summed E-state index contributed by atoms with van der Waals surface area (Å²) in [4.78, 5) is 32.4. The van der Waals surface area contributed by atoms with E-state index in [0.717, 1.165) is 5.56 Å². The highest BCUT2D eigenvalue weighted by Crippen LogP contribution is 2.29. The van der Waals surface area contributed by atoms with Crippen LogP contribution in [0.15, 0.2) is 36.5 Å².